The molecule has 3 heterocycles. The summed E-state index contributed by atoms with van der Waals surface area (Å²) in [6.07, 6.45) is -2.22. The molecule has 0 aromatic carbocycles. The van der Waals surface area contributed by atoms with Crippen molar-refractivity contribution in [1.82, 2.24) is 19.1 Å². The summed E-state index contributed by atoms with van der Waals surface area (Å²) in [6, 6.07) is 4.26. The monoisotopic (exact) mass is 494 g/mol. The van der Waals surface area contributed by atoms with Crippen molar-refractivity contribution in [2.45, 2.75) is 49.8 Å². The molecule has 0 saturated heterocycles. The average Bonchev–Trinajstić information content (AvgIpc) is 3.48. The highest BCUT2D eigenvalue weighted by atomic mass is 32.2. The van der Waals surface area contributed by atoms with Gasteiger partial charge in [0, 0.05) is 13.6 Å². The van der Waals surface area contributed by atoms with Gasteiger partial charge in [0.2, 0.25) is 0 Å². The Balaban J connectivity index is 1.97. The van der Waals surface area contributed by atoms with E-state index in [0.717, 1.165) is 6.07 Å². The molecule has 3 aromatic rings. The largest absolute Gasteiger partial charge is 0.431 e. The van der Waals surface area contributed by atoms with Gasteiger partial charge in [0.1, 0.15) is 22.4 Å². The first kappa shape index (κ1) is 23.7. The zero-order valence-electron chi connectivity index (χ0n) is 18.6. The van der Waals surface area contributed by atoms with Gasteiger partial charge < -0.3 is 14.5 Å². The van der Waals surface area contributed by atoms with Crippen molar-refractivity contribution in [2.24, 2.45) is 7.05 Å². The topological polar surface area (TPSA) is 123 Å². The van der Waals surface area contributed by atoms with Gasteiger partial charge in [0.25, 0.3) is 5.56 Å². The molecule has 34 heavy (non-hydrogen) atoms. The van der Waals surface area contributed by atoms with Gasteiger partial charge in [0.05, 0.1) is 34.1 Å². The summed E-state index contributed by atoms with van der Waals surface area (Å²) in [5.41, 5.74) is -2.90. The molecule has 0 atom stereocenters. The third-order valence-electron chi connectivity index (χ3n) is 5.87. The zero-order valence-corrected chi connectivity index (χ0v) is 19.4. The molecule has 0 amide bonds. The number of nitriles is 1. The second kappa shape index (κ2) is 7.83. The second-order valence-electron chi connectivity index (χ2n) is 8.10. The number of imidazole rings is 1. The molecule has 9 nitrogen and oxygen atoms in total. The Morgan fingerprint density at radius 2 is 1.94 bits per heavy atom. The van der Waals surface area contributed by atoms with E-state index in [1.165, 1.54) is 37.7 Å². The summed E-state index contributed by atoms with van der Waals surface area (Å²) < 4.78 is 68.3. The van der Waals surface area contributed by atoms with E-state index < -0.39 is 32.8 Å². The highest BCUT2D eigenvalue weighted by Gasteiger charge is 2.43. The highest BCUT2D eigenvalue weighted by Crippen LogP contribution is 2.39. The van der Waals surface area contributed by atoms with E-state index in [1.807, 2.05) is 0 Å². The quantitative estimate of drug-likeness (QED) is 0.559. The Morgan fingerprint density at radius 1 is 1.26 bits per heavy atom. The highest BCUT2D eigenvalue weighted by molar-refractivity contribution is 7.91. The number of aryl methyl sites for hydroxylation is 1. The van der Waals surface area contributed by atoms with E-state index >= 15 is 0 Å². The molecule has 180 valence electrons. The molecule has 3 aromatic heterocycles. The van der Waals surface area contributed by atoms with Crippen LogP contribution in [0.2, 0.25) is 0 Å². The molecule has 0 aliphatic heterocycles. The Kier molecular flexibility index (Phi) is 5.47. The fraction of sp³-hybridized carbons (Fsp3) is 0.429. The minimum Gasteiger partial charge on any atom is -0.366 e. The van der Waals surface area contributed by atoms with E-state index in [1.54, 1.807) is 0 Å². The van der Waals surface area contributed by atoms with Crippen LogP contribution in [-0.2, 0) is 29.6 Å². The predicted molar refractivity (Wildman–Crippen MR) is 118 cm³/mol. The van der Waals surface area contributed by atoms with Crippen LogP contribution in [0.25, 0.3) is 22.6 Å². The summed E-state index contributed by atoms with van der Waals surface area (Å²) in [5.74, 6) is -0.326. The summed E-state index contributed by atoms with van der Waals surface area (Å²) in [5, 5.41) is 12.3. The van der Waals surface area contributed by atoms with Crippen LogP contribution in [0.3, 0.4) is 0 Å². The van der Waals surface area contributed by atoms with Gasteiger partial charge in [-0.2, -0.15) is 18.4 Å². The molecule has 4 rings (SSSR count). The van der Waals surface area contributed by atoms with E-state index in [4.69, 9.17) is 0 Å². The SMILES string of the molecule is CCn1c(C(F)(F)F)cc2nc(-c3ncc(NC4(C#N)CC4)cc3S(=O)(=O)CC)n(C)c2c1=O. The number of hydrogen-bond acceptors (Lipinski definition) is 7. The number of nitrogens with zero attached hydrogens (tertiary/aromatic N) is 5. The van der Waals surface area contributed by atoms with Crippen LogP contribution in [-0.4, -0.2) is 38.8 Å². The van der Waals surface area contributed by atoms with Gasteiger partial charge in [-0.15, -0.1) is 0 Å². The number of nitrogens with one attached hydrogen (secondary N) is 1. The molecular formula is C21H21F3N6O3S. The summed E-state index contributed by atoms with van der Waals surface area (Å²) in [6.45, 7) is 2.66. The van der Waals surface area contributed by atoms with Crippen LogP contribution in [0.4, 0.5) is 18.9 Å². The number of rotatable bonds is 6. The van der Waals surface area contributed by atoms with Crippen LogP contribution in [0, 0.1) is 11.3 Å². The van der Waals surface area contributed by atoms with Gasteiger partial charge >= 0.3 is 6.18 Å². The minimum absolute atomic E-state index is 0.0610. The number of pyridine rings is 2. The molecule has 0 spiro atoms. The van der Waals surface area contributed by atoms with E-state index in [0.29, 0.717) is 23.1 Å². The lowest BCUT2D eigenvalue weighted by atomic mass is 10.2. The van der Waals surface area contributed by atoms with Crippen LogP contribution in [0.1, 0.15) is 32.4 Å². The predicted octanol–water partition coefficient (Wildman–Crippen LogP) is 3.10. The first-order valence-corrected chi connectivity index (χ1v) is 12.1. The number of anilines is 1. The number of hydrogen-bond donors (Lipinski definition) is 1. The molecular weight excluding hydrogens is 473 g/mol. The van der Waals surface area contributed by atoms with Gasteiger partial charge in [-0.05, 0) is 31.9 Å². The molecule has 13 heteroatoms. The summed E-state index contributed by atoms with van der Waals surface area (Å²) in [4.78, 5) is 21.1. The van der Waals surface area contributed by atoms with Gasteiger partial charge in [-0.3, -0.25) is 4.79 Å². The van der Waals surface area contributed by atoms with E-state index in [2.05, 4.69) is 21.4 Å². The smallest absolute Gasteiger partial charge is 0.366 e. The number of aromatic nitrogens is 4. The molecule has 0 unspecified atom stereocenters. The van der Waals surface area contributed by atoms with Crippen molar-refractivity contribution in [2.75, 3.05) is 11.1 Å². The van der Waals surface area contributed by atoms with Crippen molar-refractivity contribution in [3.8, 4) is 17.6 Å². The van der Waals surface area contributed by atoms with Crippen molar-refractivity contribution in [3.63, 3.8) is 0 Å². The lowest BCUT2D eigenvalue weighted by Gasteiger charge is -2.14. The normalized spacial score (nSPS) is 15.3. The van der Waals surface area contributed by atoms with Crippen molar-refractivity contribution in [1.29, 1.82) is 5.26 Å². The minimum atomic E-state index is -4.77. The van der Waals surface area contributed by atoms with E-state index in [-0.39, 0.29) is 39.7 Å². The van der Waals surface area contributed by atoms with E-state index in [9.17, 15) is 31.6 Å². The van der Waals surface area contributed by atoms with Crippen LogP contribution < -0.4 is 10.9 Å². The second-order valence-corrected chi connectivity index (χ2v) is 10.3. The standard InChI is InChI=1S/C21H21F3N6O3S/c1-4-30-15(21(22,23)24)9-13-17(19(30)31)29(3)18(27-13)16-14(34(32,33)5-2)8-12(10-26-16)28-20(11-25)6-7-20/h8-10,28H,4-7H2,1-3H3. The lowest BCUT2D eigenvalue weighted by Crippen LogP contribution is -2.28. The van der Waals surface area contributed by atoms with Crippen molar-refractivity contribution < 1.29 is 21.6 Å². The number of fused-ring (bicyclic) bond motifs is 1. The number of sulfone groups is 1. The summed E-state index contributed by atoms with van der Waals surface area (Å²) in [7, 11) is -2.43. The third kappa shape index (κ3) is 3.81. The van der Waals surface area contributed by atoms with Gasteiger partial charge in [-0.1, -0.05) is 6.92 Å². The van der Waals surface area contributed by atoms with Crippen LogP contribution in [0.15, 0.2) is 28.0 Å². The Morgan fingerprint density at radius 3 is 2.47 bits per heavy atom. The Hall–Kier alpha value is -3.40. The number of halogens is 3. The maximum atomic E-state index is 13.5. The third-order valence-corrected chi connectivity index (χ3v) is 7.61. The molecule has 1 N–H and O–H groups in total. The van der Waals surface area contributed by atoms with Crippen molar-refractivity contribution >= 4 is 26.6 Å². The Bertz CT molecular complexity index is 1510. The molecule has 1 fully saturated rings. The molecule has 1 saturated carbocycles. The van der Waals surface area contributed by atoms with Crippen LogP contribution in [0.5, 0.6) is 0 Å². The molecule has 1 aliphatic rings. The average molecular weight is 494 g/mol. The van der Waals surface area contributed by atoms with Crippen LogP contribution >= 0.6 is 0 Å². The van der Waals surface area contributed by atoms with Crippen molar-refractivity contribution in [3.05, 3.63) is 34.4 Å². The first-order valence-electron chi connectivity index (χ1n) is 10.5. The summed E-state index contributed by atoms with van der Waals surface area (Å²) >= 11 is 0. The van der Waals surface area contributed by atoms with Gasteiger partial charge in [0.15, 0.2) is 15.7 Å². The first-order chi connectivity index (χ1) is 15.9. The van der Waals surface area contributed by atoms with Gasteiger partial charge in [-0.25, -0.2) is 18.4 Å². The molecule has 0 radical (unpaired) electrons. The number of alkyl halides is 3. The Labute approximate surface area is 192 Å². The zero-order chi connectivity index (χ0) is 25.1. The molecule has 1 aliphatic carbocycles. The maximum Gasteiger partial charge on any atom is 0.431 e. The maximum absolute atomic E-state index is 13.5. The fourth-order valence-electron chi connectivity index (χ4n) is 3.82. The fourth-order valence-corrected chi connectivity index (χ4v) is 4.87. The molecule has 0 bridgehead atoms. The lowest BCUT2D eigenvalue weighted by molar-refractivity contribution is -0.144.